The second-order valence-electron chi connectivity index (χ2n) is 8.46. The molecule has 0 radical (unpaired) electrons. The molecule has 1 amide bonds. The molecular weight excluding hydrogens is 546 g/mol. The van der Waals surface area contributed by atoms with Gasteiger partial charge in [-0.1, -0.05) is 18.2 Å². The molecule has 1 aliphatic heterocycles. The van der Waals surface area contributed by atoms with Gasteiger partial charge >= 0.3 is 16.5 Å². The number of ether oxygens (including phenoxy) is 2. The van der Waals surface area contributed by atoms with Gasteiger partial charge in [0.1, 0.15) is 23.1 Å². The summed E-state index contributed by atoms with van der Waals surface area (Å²) in [6.07, 6.45) is -4.21. The highest BCUT2D eigenvalue weighted by Gasteiger charge is 2.50. The molecule has 9 nitrogen and oxygen atoms in total. The van der Waals surface area contributed by atoms with Gasteiger partial charge in [0, 0.05) is 18.2 Å². The molecule has 0 spiro atoms. The summed E-state index contributed by atoms with van der Waals surface area (Å²) in [5.41, 5.74) is 3.71. The van der Waals surface area contributed by atoms with Crippen molar-refractivity contribution in [1.29, 1.82) is 0 Å². The molecule has 1 atom stereocenters. The number of hydrogen-bond donors (Lipinski definition) is 1. The van der Waals surface area contributed by atoms with Crippen molar-refractivity contribution in [3.05, 3.63) is 77.6 Å². The van der Waals surface area contributed by atoms with Gasteiger partial charge in [0.15, 0.2) is 11.5 Å². The van der Waals surface area contributed by atoms with Crippen LogP contribution in [0.5, 0.6) is 17.2 Å². The molecule has 0 aliphatic carbocycles. The van der Waals surface area contributed by atoms with Crippen LogP contribution in [0.25, 0.3) is 11.1 Å². The zero-order valence-electron chi connectivity index (χ0n) is 20.6. The maximum absolute atomic E-state index is 15.2. The molecule has 1 aliphatic rings. The Morgan fingerprint density at radius 1 is 0.949 bits per heavy atom. The lowest BCUT2D eigenvalue weighted by atomic mass is 9.81. The number of alkyl halides is 3. The van der Waals surface area contributed by atoms with Crippen LogP contribution >= 0.6 is 0 Å². The van der Waals surface area contributed by atoms with Crippen molar-refractivity contribution in [3.8, 4) is 28.4 Å². The Kier molecular flexibility index (Phi) is 6.93. The molecule has 0 bridgehead atoms. The van der Waals surface area contributed by atoms with Crippen molar-refractivity contribution in [2.75, 3.05) is 20.4 Å². The normalized spacial score (nSPS) is 17.7. The Labute approximate surface area is 220 Å². The molecule has 14 heteroatoms. The maximum Gasteiger partial charge on any atom is 0.573 e. The highest BCUT2D eigenvalue weighted by Crippen LogP contribution is 2.44. The number of carbonyl (C=O) groups is 1. The minimum Gasteiger partial charge on any atom is -0.497 e. The number of carbonyl (C=O) groups excluding carboxylic acids is 1. The summed E-state index contributed by atoms with van der Waals surface area (Å²) in [5.74, 6) is -2.36. The molecule has 0 aromatic heterocycles. The van der Waals surface area contributed by atoms with Crippen LogP contribution in [0.4, 0.5) is 17.6 Å². The van der Waals surface area contributed by atoms with Crippen molar-refractivity contribution in [3.63, 3.8) is 0 Å². The van der Waals surface area contributed by atoms with Gasteiger partial charge in [0.05, 0.1) is 13.4 Å². The lowest BCUT2D eigenvalue weighted by Crippen LogP contribution is -2.41. The summed E-state index contributed by atoms with van der Waals surface area (Å²) < 4.78 is 91.6. The van der Waals surface area contributed by atoms with Crippen LogP contribution in [-0.2, 0) is 20.5 Å². The second-order valence-corrected chi connectivity index (χ2v) is 10.0. The van der Waals surface area contributed by atoms with Gasteiger partial charge < -0.3 is 19.4 Å². The van der Waals surface area contributed by atoms with Crippen molar-refractivity contribution in [1.82, 2.24) is 4.90 Å². The van der Waals surface area contributed by atoms with Crippen molar-refractivity contribution in [2.24, 2.45) is 10.7 Å². The summed E-state index contributed by atoms with van der Waals surface area (Å²) in [6.45, 7) is 0. The van der Waals surface area contributed by atoms with E-state index in [4.69, 9.17) is 14.7 Å². The SMILES string of the molecule is COc1ccc(OC(F)(F)F)c(-c2cc(C3(c4ccc(OS(C)(=O)=O)cc4)N=C(N)N(C)C3=O)ccc2F)c1. The lowest BCUT2D eigenvalue weighted by Gasteiger charge is -2.27. The van der Waals surface area contributed by atoms with E-state index in [0.717, 1.165) is 29.4 Å². The smallest absolute Gasteiger partial charge is 0.497 e. The second kappa shape index (κ2) is 9.76. The fourth-order valence-corrected chi connectivity index (χ4v) is 4.59. The zero-order chi connectivity index (χ0) is 28.8. The zero-order valence-corrected chi connectivity index (χ0v) is 21.4. The molecule has 39 heavy (non-hydrogen) atoms. The highest BCUT2D eigenvalue weighted by molar-refractivity contribution is 7.86. The Morgan fingerprint density at radius 3 is 2.10 bits per heavy atom. The number of rotatable bonds is 7. The summed E-state index contributed by atoms with van der Waals surface area (Å²) in [5, 5.41) is 0. The molecule has 1 heterocycles. The maximum atomic E-state index is 15.2. The van der Waals surface area contributed by atoms with Gasteiger partial charge in [0.2, 0.25) is 0 Å². The first-order chi connectivity index (χ1) is 18.1. The lowest BCUT2D eigenvalue weighted by molar-refractivity contribution is -0.274. The number of nitrogens with zero attached hydrogens (tertiary/aromatic N) is 2. The number of benzene rings is 3. The predicted molar refractivity (Wildman–Crippen MR) is 132 cm³/mol. The van der Waals surface area contributed by atoms with Crippen LogP contribution in [0.2, 0.25) is 0 Å². The largest absolute Gasteiger partial charge is 0.573 e. The molecule has 3 aromatic carbocycles. The third-order valence-electron chi connectivity index (χ3n) is 5.85. The van der Waals surface area contributed by atoms with Gasteiger partial charge in [-0.2, -0.15) is 8.42 Å². The number of methoxy groups -OCH3 is 1. The summed E-state index contributed by atoms with van der Waals surface area (Å²) in [7, 11) is -1.18. The minimum absolute atomic E-state index is 0.0442. The quantitative estimate of drug-likeness (QED) is 0.341. The van der Waals surface area contributed by atoms with E-state index in [1.807, 2.05) is 0 Å². The third-order valence-corrected chi connectivity index (χ3v) is 6.34. The Bertz CT molecular complexity index is 1580. The van der Waals surface area contributed by atoms with E-state index < -0.39 is 39.5 Å². The number of nitrogens with two attached hydrogens (primary N) is 1. The standard InChI is InChI=1S/C25H21F4N3O6S/c1-32-22(33)24(31-23(32)30,14-4-7-16(8-5-14)38-39(3,34)35)15-6-10-20(26)18(12-15)19-13-17(36-2)9-11-21(19)37-25(27,28)29/h4-13H,1-3H3,(H2,30,31). The first kappa shape index (κ1) is 27.7. The van der Waals surface area contributed by atoms with Crippen LogP contribution in [0.15, 0.2) is 65.7 Å². The Hall–Kier alpha value is -4.33. The first-order valence-electron chi connectivity index (χ1n) is 11.0. The summed E-state index contributed by atoms with van der Waals surface area (Å²) in [6, 6.07) is 12.1. The number of halogens is 4. The average molecular weight is 568 g/mol. The molecule has 0 saturated heterocycles. The van der Waals surface area contributed by atoms with Crippen molar-refractivity contribution >= 4 is 22.0 Å². The number of amides is 1. The van der Waals surface area contributed by atoms with E-state index in [-0.39, 0.29) is 39.7 Å². The van der Waals surface area contributed by atoms with Gasteiger partial charge in [-0.15, -0.1) is 13.2 Å². The van der Waals surface area contributed by atoms with E-state index in [0.29, 0.717) is 0 Å². The highest BCUT2D eigenvalue weighted by atomic mass is 32.2. The van der Waals surface area contributed by atoms with Crippen molar-refractivity contribution in [2.45, 2.75) is 11.9 Å². The van der Waals surface area contributed by atoms with Crippen LogP contribution < -0.4 is 19.4 Å². The number of aliphatic imine (C=N–C) groups is 1. The summed E-state index contributed by atoms with van der Waals surface area (Å²) in [4.78, 5) is 19.0. The van der Waals surface area contributed by atoms with E-state index >= 15 is 4.39 Å². The van der Waals surface area contributed by atoms with Gasteiger partial charge in [0.25, 0.3) is 5.91 Å². The van der Waals surface area contributed by atoms with Gasteiger partial charge in [-0.05, 0) is 53.6 Å². The summed E-state index contributed by atoms with van der Waals surface area (Å²) >= 11 is 0. The van der Waals surface area contributed by atoms with E-state index in [1.54, 1.807) is 0 Å². The molecule has 2 N–H and O–H groups in total. The predicted octanol–water partition coefficient (Wildman–Crippen LogP) is 3.77. The van der Waals surface area contributed by atoms with Gasteiger partial charge in [-0.3, -0.25) is 9.69 Å². The average Bonchev–Trinajstić information content (AvgIpc) is 3.08. The fourth-order valence-electron chi connectivity index (χ4n) is 4.13. The number of hydrogen-bond acceptors (Lipinski definition) is 8. The molecule has 1 unspecified atom stereocenters. The molecule has 0 saturated carbocycles. The van der Waals surface area contributed by atoms with E-state index in [1.165, 1.54) is 56.6 Å². The van der Waals surface area contributed by atoms with Crippen LogP contribution in [-0.4, -0.2) is 52.0 Å². The third kappa shape index (κ3) is 5.46. The monoisotopic (exact) mass is 567 g/mol. The molecule has 0 fully saturated rings. The number of guanidine groups is 1. The molecule has 4 rings (SSSR count). The van der Waals surface area contributed by atoms with E-state index in [2.05, 4.69) is 9.73 Å². The topological polar surface area (TPSA) is 121 Å². The van der Waals surface area contributed by atoms with Gasteiger partial charge in [-0.25, -0.2) is 9.38 Å². The molecule has 206 valence electrons. The number of likely N-dealkylation sites (N-methyl/N-ethyl adjacent to an activating group) is 1. The molecular formula is C25H21F4N3O6S. The first-order valence-corrected chi connectivity index (χ1v) is 12.8. The van der Waals surface area contributed by atoms with E-state index in [9.17, 15) is 26.4 Å². The fraction of sp³-hybridized carbons (Fsp3) is 0.200. The van der Waals surface area contributed by atoms with Crippen LogP contribution in [0.1, 0.15) is 11.1 Å². The minimum atomic E-state index is -5.07. The Balaban J connectivity index is 1.93. The Morgan fingerprint density at radius 2 is 1.56 bits per heavy atom. The molecule has 3 aromatic rings. The van der Waals surface area contributed by atoms with Crippen molar-refractivity contribution < 1.29 is 44.4 Å². The van der Waals surface area contributed by atoms with Crippen LogP contribution in [0.3, 0.4) is 0 Å². The van der Waals surface area contributed by atoms with Crippen LogP contribution in [0, 0.1) is 5.82 Å².